The Morgan fingerprint density at radius 1 is 0.957 bits per heavy atom. The first-order valence-corrected chi connectivity index (χ1v) is 7.96. The monoisotopic (exact) mass is 369 g/mol. The molecule has 1 heterocycles. The average molecular weight is 370 g/mol. The SMILES string of the molecule is COc1ccc(-c2cc(Nc3ccc(Br)cc3)nc(C)n2)cc1. The summed E-state index contributed by atoms with van der Waals surface area (Å²) in [5, 5.41) is 3.31. The lowest BCUT2D eigenvalue weighted by Gasteiger charge is -2.09. The predicted molar refractivity (Wildman–Crippen MR) is 96.2 cm³/mol. The van der Waals surface area contributed by atoms with E-state index in [1.54, 1.807) is 7.11 Å². The number of anilines is 2. The molecule has 0 saturated heterocycles. The molecule has 2 aromatic carbocycles. The highest BCUT2D eigenvalue weighted by molar-refractivity contribution is 9.10. The van der Waals surface area contributed by atoms with Crippen LogP contribution < -0.4 is 10.1 Å². The number of hydrogen-bond acceptors (Lipinski definition) is 4. The summed E-state index contributed by atoms with van der Waals surface area (Å²) in [7, 11) is 1.66. The second kappa shape index (κ2) is 6.79. The van der Waals surface area contributed by atoms with Gasteiger partial charge in [-0.05, 0) is 55.5 Å². The van der Waals surface area contributed by atoms with E-state index >= 15 is 0 Å². The maximum Gasteiger partial charge on any atom is 0.134 e. The first kappa shape index (κ1) is 15.5. The molecule has 1 N–H and O–H groups in total. The highest BCUT2D eigenvalue weighted by Gasteiger charge is 2.05. The normalized spacial score (nSPS) is 10.4. The van der Waals surface area contributed by atoms with Crippen molar-refractivity contribution in [1.29, 1.82) is 0 Å². The van der Waals surface area contributed by atoms with Crippen molar-refractivity contribution in [2.24, 2.45) is 0 Å². The highest BCUT2D eigenvalue weighted by atomic mass is 79.9. The summed E-state index contributed by atoms with van der Waals surface area (Å²) in [5.74, 6) is 2.32. The van der Waals surface area contributed by atoms with Gasteiger partial charge >= 0.3 is 0 Å². The van der Waals surface area contributed by atoms with E-state index in [1.807, 2.05) is 61.5 Å². The standard InChI is InChI=1S/C18H16BrN3O/c1-12-20-17(13-3-9-16(23-2)10-4-13)11-18(21-12)22-15-7-5-14(19)6-8-15/h3-11H,1-2H3,(H,20,21,22). The van der Waals surface area contributed by atoms with Crippen LogP contribution in [0.15, 0.2) is 59.1 Å². The molecule has 0 unspecified atom stereocenters. The van der Waals surface area contributed by atoms with E-state index in [0.29, 0.717) is 0 Å². The van der Waals surface area contributed by atoms with Gasteiger partial charge in [-0.3, -0.25) is 0 Å². The predicted octanol–water partition coefficient (Wildman–Crippen LogP) is 4.97. The van der Waals surface area contributed by atoms with Gasteiger partial charge in [0.15, 0.2) is 0 Å². The zero-order valence-corrected chi connectivity index (χ0v) is 14.5. The van der Waals surface area contributed by atoms with Crippen LogP contribution in [0.1, 0.15) is 5.82 Å². The molecule has 0 atom stereocenters. The molecule has 0 bridgehead atoms. The van der Waals surface area contributed by atoms with E-state index < -0.39 is 0 Å². The first-order chi connectivity index (χ1) is 11.1. The molecule has 0 spiro atoms. The van der Waals surface area contributed by atoms with Gasteiger partial charge < -0.3 is 10.1 Å². The van der Waals surface area contributed by atoms with Gasteiger partial charge in [0.1, 0.15) is 17.4 Å². The summed E-state index contributed by atoms with van der Waals surface area (Å²) in [6, 6.07) is 17.7. The molecule has 0 radical (unpaired) electrons. The van der Waals surface area contributed by atoms with E-state index in [9.17, 15) is 0 Å². The molecule has 116 valence electrons. The minimum absolute atomic E-state index is 0.720. The summed E-state index contributed by atoms with van der Waals surface area (Å²) in [6.07, 6.45) is 0. The number of aryl methyl sites for hydroxylation is 1. The maximum atomic E-state index is 5.19. The zero-order chi connectivity index (χ0) is 16.2. The number of nitrogens with one attached hydrogen (secondary N) is 1. The van der Waals surface area contributed by atoms with Gasteiger partial charge in [-0.15, -0.1) is 0 Å². The maximum absolute atomic E-state index is 5.19. The van der Waals surface area contributed by atoms with Gasteiger partial charge in [-0.25, -0.2) is 9.97 Å². The molecule has 5 heteroatoms. The molecule has 3 rings (SSSR count). The number of ether oxygens (including phenoxy) is 1. The number of methoxy groups -OCH3 is 1. The minimum Gasteiger partial charge on any atom is -0.497 e. The Bertz CT molecular complexity index is 802. The van der Waals surface area contributed by atoms with Gasteiger partial charge in [0.05, 0.1) is 12.8 Å². The van der Waals surface area contributed by atoms with Gasteiger partial charge in [0.25, 0.3) is 0 Å². The fourth-order valence-electron chi connectivity index (χ4n) is 2.22. The summed E-state index contributed by atoms with van der Waals surface area (Å²) < 4.78 is 6.23. The molecule has 0 amide bonds. The molecule has 3 aromatic rings. The third kappa shape index (κ3) is 3.87. The van der Waals surface area contributed by atoms with Gasteiger partial charge in [0.2, 0.25) is 0 Å². The topological polar surface area (TPSA) is 47.0 Å². The average Bonchev–Trinajstić information content (AvgIpc) is 2.56. The minimum atomic E-state index is 0.720. The molecule has 0 fully saturated rings. The lowest BCUT2D eigenvalue weighted by molar-refractivity contribution is 0.415. The first-order valence-electron chi connectivity index (χ1n) is 7.17. The van der Waals surface area contributed by atoms with Crippen molar-refractivity contribution in [3.63, 3.8) is 0 Å². The molecule has 1 aromatic heterocycles. The van der Waals surface area contributed by atoms with Crippen LogP contribution >= 0.6 is 15.9 Å². The second-order valence-electron chi connectivity index (χ2n) is 5.05. The fourth-order valence-corrected chi connectivity index (χ4v) is 2.49. The van der Waals surface area contributed by atoms with E-state index in [1.165, 1.54) is 0 Å². The van der Waals surface area contributed by atoms with E-state index in [4.69, 9.17) is 4.74 Å². The van der Waals surface area contributed by atoms with Crippen molar-refractivity contribution in [3.05, 3.63) is 64.9 Å². The van der Waals surface area contributed by atoms with Crippen LogP contribution in [0.2, 0.25) is 0 Å². The summed E-state index contributed by atoms with van der Waals surface area (Å²) in [4.78, 5) is 8.97. The zero-order valence-electron chi connectivity index (χ0n) is 12.9. The summed E-state index contributed by atoms with van der Waals surface area (Å²) >= 11 is 3.43. The summed E-state index contributed by atoms with van der Waals surface area (Å²) in [5.41, 5.74) is 2.88. The van der Waals surface area contributed by atoms with Crippen LogP contribution in [0.3, 0.4) is 0 Å². The number of nitrogens with zero attached hydrogens (tertiary/aromatic N) is 2. The molecule has 0 aliphatic heterocycles. The molecular weight excluding hydrogens is 354 g/mol. The van der Waals surface area contributed by atoms with Crippen molar-refractivity contribution in [2.75, 3.05) is 12.4 Å². The van der Waals surface area contributed by atoms with Crippen LogP contribution in [0, 0.1) is 6.92 Å². The van der Waals surface area contributed by atoms with Crippen LogP contribution in [0.25, 0.3) is 11.3 Å². The molecule has 4 nitrogen and oxygen atoms in total. The molecule has 0 aliphatic rings. The van der Waals surface area contributed by atoms with E-state index in [2.05, 4.69) is 31.2 Å². The quantitative estimate of drug-likeness (QED) is 0.705. The van der Waals surface area contributed by atoms with E-state index in [-0.39, 0.29) is 0 Å². The lowest BCUT2D eigenvalue weighted by atomic mass is 10.1. The number of rotatable bonds is 4. The van der Waals surface area contributed by atoms with Crippen LogP contribution in [-0.2, 0) is 0 Å². The smallest absolute Gasteiger partial charge is 0.134 e. The Labute approximate surface area is 143 Å². The molecule has 0 saturated carbocycles. The Balaban J connectivity index is 1.90. The van der Waals surface area contributed by atoms with Crippen molar-refractivity contribution in [1.82, 2.24) is 9.97 Å². The third-order valence-corrected chi connectivity index (χ3v) is 3.87. The fraction of sp³-hybridized carbons (Fsp3) is 0.111. The number of halogens is 1. The Morgan fingerprint density at radius 2 is 1.65 bits per heavy atom. The summed E-state index contributed by atoms with van der Waals surface area (Å²) in [6.45, 7) is 1.89. The Kier molecular flexibility index (Phi) is 4.57. The number of hydrogen-bond donors (Lipinski definition) is 1. The number of benzene rings is 2. The third-order valence-electron chi connectivity index (χ3n) is 3.34. The van der Waals surface area contributed by atoms with Crippen molar-refractivity contribution in [3.8, 4) is 17.0 Å². The van der Waals surface area contributed by atoms with Crippen LogP contribution in [0.5, 0.6) is 5.75 Å². The Hall–Kier alpha value is -2.40. The molecular formula is C18H16BrN3O. The van der Waals surface area contributed by atoms with Crippen LogP contribution in [0.4, 0.5) is 11.5 Å². The van der Waals surface area contributed by atoms with Crippen molar-refractivity contribution < 1.29 is 4.74 Å². The van der Waals surface area contributed by atoms with E-state index in [0.717, 1.165) is 38.8 Å². The van der Waals surface area contributed by atoms with Crippen molar-refractivity contribution >= 4 is 27.4 Å². The van der Waals surface area contributed by atoms with Gasteiger partial charge in [-0.1, -0.05) is 15.9 Å². The largest absolute Gasteiger partial charge is 0.497 e. The number of aromatic nitrogens is 2. The lowest BCUT2D eigenvalue weighted by Crippen LogP contribution is -1.98. The van der Waals surface area contributed by atoms with Gasteiger partial charge in [-0.2, -0.15) is 0 Å². The van der Waals surface area contributed by atoms with Crippen molar-refractivity contribution in [2.45, 2.75) is 6.92 Å². The molecule has 23 heavy (non-hydrogen) atoms. The highest BCUT2D eigenvalue weighted by Crippen LogP contribution is 2.24. The Morgan fingerprint density at radius 3 is 2.30 bits per heavy atom. The van der Waals surface area contributed by atoms with Crippen LogP contribution in [-0.4, -0.2) is 17.1 Å². The second-order valence-corrected chi connectivity index (χ2v) is 5.96. The van der Waals surface area contributed by atoms with Gasteiger partial charge in [0, 0.05) is 21.8 Å². The molecule has 0 aliphatic carbocycles.